The Bertz CT molecular complexity index is 396. The zero-order valence-electron chi connectivity index (χ0n) is 10.6. The van der Waals surface area contributed by atoms with Gasteiger partial charge in [-0.15, -0.1) is 0 Å². The number of nitro benzene ring substituents is 1. The van der Waals surface area contributed by atoms with Gasteiger partial charge in [0.15, 0.2) is 5.75 Å². The second-order valence-corrected chi connectivity index (χ2v) is 3.78. The van der Waals surface area contributed by atoms with Gasteiger partial charge >= 0.3 is 5.69 Å². The molecule has 18 heavy (non-hydrogen) atoms. The predicted octanol–water partition coefficient (Wildman–Crippen LogP) is 1.73. The molecule has 6 nitrogen and oxygen atoms in total. The average Bonchev–Trinajstić information content (AvgIpc) is 2.35. The smallest absolute Gasteiger partial charge is 0.310 e. The zero-order valence-corrected chi connectivity index (χ0v) is 10.6. The number of methoxy groups -OCH3 is 1. The normalized spacial score (nSPS) is 10.3. The highest BCUT2D eigenvalue weighted by atomic mass is 16.6. The largest absolute Gasteiger partial charge is 0.487 e. The molecule has 0 radical (unpaired) electrons. The van der Waals surface area contributed by atoms with Gasteiger partial charge in [-0.25, -0.2) is 0 Å². The Morgan fingerprint density at radius 2 is 2.17 bits per heavy atom. The van der Waals surface area contributed by atoms with Crippen LogP contribution in [0, 0.1) is 10.1 Å². The van der Waals surface area contributed by atoms with E-state index in [1.165, 1.54) is 6.07 Å². The first-order valence-electron chi connectivity index (χ1n) is 5.72. The van der Waals surface area contributed by atoms with Crippen LogP contribution in [0.2, 0.25) is 0 Å². The van der Waals surface area contributed by atoms with E-state index >= 15 is 0 Å². The molecule has 0 spiro atoms. The van der Waals surface area contributed by atoms with Crippen LogP contribution < -0.4 is 10.1 Å². The first-order valence-corrected chi connectivity index (χ1v) is 5.72. The molecule has 0 aliphatic rings. The van der Waals surface area contributed by atoms with Crippen LogP contribution >= 0.6 is 0 Å². The van der Waals surface area contributed by atoms with E-state index in [2.05, 4.69) is 5.32 Å². The maximum absolute atomic E-state index is 10.9. The fourth-order valence-corrected chi connectivity index (χ4v) is 1.52. The Morgan fingerprint density at radius 3 is 2.78 bits per heavy atom. The number of hydrogen-bond donors (Lipinski definition) is 1. The minimum absolute atomic E-state index is 0.00716. The number of nitro groups is 1. The van der Waals surface area contributed by atoms with Crippen molar-refractivity contribution >= 4 is 5.69 Å². The first-order chi connectivity index (χ1) is 8.69. The van der Waals surface area contributed by atoms with Gasteiger partial charge in [0.25, 0.3) is 0 Å². The molecule has 0 aromatic heterocycles. The first kappa shape index (κ1) is 14.4. The molecule has 0 aliphatic heterocycles. The summed E-state index contributed by atoms with van der Waals surface area (Å²) >= 11 is 0. The zero-order chi connectivity index (χ0) is 13.4. The van der Waals surface area contributed by atoms with Crippen molar-refractivity contribution in [3.63, 3.8) is 0 Å². The molecule has 1 rings (SSSR count). The highest BCUT2D eigenvalue weighted by Gasteiger charge is 2.15. The van der Waals surface area contributed by atoms with E-state index in [0.29, 0.717) is 31.9 Å². The van der Waals surface area contributed by atoms with Crippen LogP contribution in [0.15, 0.2) is 18.2 Å². The topological polar surface area (TPSA) is 73.6 Å². The molecule has 0 atom stereocenters. The van der Waals surface area contributed by atoms with Crippen molar-refractivity contribution in [2.24, 2.45) is 0 Å². The number of ether oxygens (including phenoxy) is 2. The predicted molar refractivity (Wildman–Crippen MR) is 67.8 cm³/mol. The molecule has 1 N–H and O–H groups in total. The summed E-state index contributed by atoms with van der Waals surface area (Å²) in [6, 6.07) is 4.89. The Hall–Kier alpha value is -1.66. The van der Waals surface area contributed by atoms with Crippen molar-refractivity contribution in [1.29, 1.82) is 0 Å². The highest BCUT2D eigenvalue weighted by molar-refractivity contribution is 5.48. The molecule has 1 aromatic carbocycles. The summed E-state index contributed by atoms with van der Waals surface area (Å²) in [6.45, 7) is 1.62. The lowest BCUT2D eigenvalue weighted by Gasteiger charge is -2.08. The van der Waals surface area contributed by atoms with Crippen LogP contribution in [-0.2, 0) is 11.3 Å². The Kier molecular flexibility index (Phi) is 6.10. The molecule has 6 heteroatoms. The summed E-state index contributed by atoms with van der Waals surface area (Å²) in [5, 5.41) is 13.9. The summed E-state index contributed by atoms with van der Waals surface area (Å²) in [5.74, 6) is 0.309. The van der Waals surface area contributed by atoms with Gasteiger partial charge in [-0.1, -0.05) is 6.07 Å². The van der Waals surface area contributed by atoms with E-state index in [-0.39, 0.29) is 5.69 Å². The summed E-state index contributed by atoms with van der Waals surface area (Å²) in [7, 11) is 3.43. The molecule has 0 amide bonds. The van der Waals surface area contributed by atoms with Crippen molar-refractivity contribution in [2.45, 2.75) is 13.0 Å². The molecule has 0 fully saturated rings. The molecule has 0 heterocycles. The number of nitrogens with one attached hydrogen (secondary N) is 1. The van der Waals surface area contributed by atoms with E-state index in [1.807, 2.05) is 7.05 Å². The van der Waals surface area contributed by atoms with E-state index in [4.69, 9.17) is 9.47 Å². The van der Waals surface area contributed by atoms with Gasteiger partial charge in [0.2, 0.25) is 0 Å². The molecule has 0 saturated carbocycles. The quantitative estimate of drug-likeness (QED) is 0.434. The van der Waals surface area contributed by atoms with Crippen molar-refractivity contribution in [3.05, 3.63) is 33.9 Å². The van der Waals surface area contributed by atoms with Crippen LogP contribution in [0.25, 0.3) is 0 Å². The standard InChI is InChI=1S/C12H18N2O4/c1-13-9-10-4-5-11(14(15)16)12(8-10)18-7-3-6-17-2/h4-5,8,13H,3,6-7,9H2,1-2H3. The minimum Gasteiger partial charge on any atom is -0.487 e. The molecule has 100 valence electrons. The monoisotopic (exact) mass is 254 g/mol. The van der Waals surface area contributed by atoms with Gasteiger partial charge in [0.05, 0.1) is 11.5 Å². The number of hydrogen-bond acceptors (Lipinski definition) is 5. The molecular weight excluding hydrogens is 236 g/mol. The third-order valence-electron chi connectivity index (χ3n) is 2.35. The van der Waals surface area contributed by atoms with Gasteiger partial charge in [-0.2, -0.15) is 0 Å². The minimum atomic E-state index is -0.436. The van der Waals surface area contributed by atoms with E-state index in [1.54, 1.807) is 19.2 Å². The van der Waals surface area contributed by atoms with Crippen molar-refractivity contribution in [1.82, 2.24) is 5.32 Å². The average molecular weight is 254 g/mol. The molecule has 0 aliphatic carbocycles. The summed E-state index contributed by atoms with van der Waals surface area (Å²) in [6.07, 6.45) is 0.698. The lowest BCUT2D eigenvalue weighted by Crippen LogP contribution is -2.07. The number of rotatable bonds is 8. The van der Waals surface area contributed by atoms with Gasteiger partial charge in [0, 0.05) is 32.7 Å². The second-order valence-electron chi connectivity index (χ2n) is 3.78. The maximum Gasteiger partial charge on any atom is 0.310 e. The molecule has 1 aromatic rings. The molecule has 0 unspecified atom stereocenters. The third kappa shape index (κ3) is 4.31. The van der Waals surface area contributed by atoms with Gasteiger partial charge in [-0.05, 0) is 18.7 Å². The van der Waals surface area contributed by atoms with Crippen LogP contribution in [0.5, 0.6) is 5.75 Å². The van der Waals surface area contributed by atoms with Crippen molar-refractivity contribution in [3.8, 4) is 5.75 Å². The summed E-state index contributed by atoms with van der Waals surface area (Å²) in [5.41, 5.74) is 0.942. The fourth-order valence-electron chi connectivity index (χ4n) is 1.52. The van der Waals surface area contributed by atoms with Gasteiger partial charge < -0.3 is 14.8 Å². The Labute approximate surface area is 106 Å². The van der Waals surface area contributed by atoms with Crippen molar-refractivity contribution in [2.75, 3.05) is 27.4 Å². The summed E-state index contributed by atoms with van der Waals surface area (Å²) < 4.78 is 10.3. The van der Waals surface area contributed by atoms with Crippen molar-refractivity contribution < 1.29 is 14.4 Å². The Balaban J connectivity index is 2.76. The van der Waals surface area contributed by atoms with E-state index in [9.17, 15) is 10.1 Å². The van der Waals surface area contributed by atoms with Crippen LogP contribution in [-0.4, -0.2) is 32.3 Å². The molecule has 0 bridgehead atoms. The third-order valence-corrected chi connectivity index (χ3v) is 2.35. The maximum atomic E-state index is 10.9. The van der Waals surface area contributed by atoms with Gasteiger partial charge in [0.1, 0.15) is 0 Å². The van der Waals surface area contributed by atoms with E-state index < -0.39 is 4.92 Å². The SMILES string of the molecule is CNCc1ccc([N+](=O)[O-])c(OCCCOC)c1. The van der Waals surface area contributed by atoms with E-state index in [0.717, 1.165) is 5.56 Å². The Morgan fingerprint density at radius 1 is 1.39 bits per heavy atom. The highest BCUT2D eigenvalue weighted by Crippen LogP contribution is 2.28. The second kappa shape index (κ2) is 7.62. The van der Waals surface area contributed by atoms with Gasteiger partial charge in [-0.3, -0.25) is 10.1 Å². The fraction of sp³-hybridized carbons (Fsp3) is 0.500. The summed E-state index contributed by atoms with van der Waals surface area (Å²) in [4.78, 5) is 10.4. The van der Waals surface area contributed by atoms with Crippen LogP contribution in [0.1, 0.15) is 12.0 Å². The lowest BCUT2D eigenvalue weighted by molar-refractivity contribution is -0.385. The number of nitrogens with zero attached hydrogens (tertiary/aromatic N) is 1. The lowest BCUT2D eigenvalue weighted by atomic mass is 10.2. The number of benzene rings is 1. The molecular formula is C12H18N2O4. The van der Waals surface area contributed by atoms with Crippen LogP contribution in [0.3, 0.4) is 0 Å². The molecule has 0 saturated heterocycles. The van der Waals surface area contributed by atoms with Crippen LogP contribution in [0.4, 0.5) is 5.69 Å².